The summed E-state index contributed by atoms with van der Waals surface area (Å²) in [5.74, 6) is 6.65. The smallest absolute Gasteiger partial charge is 0.132 e. The first-order valence-electron chi connectivity index (χ1n) is 10.2. The van der Waals surface area contributed by atoms with Crippen molar-refractivity contribution < 1.29 is 5.11 Å². The van der Waals surface area contributed by atoms with Crippen molar-refractivity contribution in [3.63, 3.8) is 0 Å². The highest BCUT2D eigenvalue weighted by atomic mass is 32.2. The van der Waals surface area contributed by atoms with E-state index in [1.165, 1.54) is 63.2 Å². The summed E-state index contributed by atoms with van der Waals surface area (Å²) in [6.07, 6.45) is 13.0. The molecule has 0 saturated heterocycles. The number of aliphatic hydroxyl groups excluding tert-OH is 1. The minimum absolute atomic E-state index is 0.343. The lowest BCUT2D eigenvalue weighted by atomic mass is 10.1. The first-order valence-corrected chi connectivity index (χ1v) is 14.5. The van der Waals surface area contributed by atoms with E-state index < -0.39 is 8.07 Å². The minimum Gasteiger partial charge on any atom is -0.396 e. The molecule has 0 spiro atoms. The average Bonchev–Trinajstić information content (AvgIpc) is 2.49. The van der Waals surface area contributed by atoms with Gasteiger partial charge in [-0.1, -0.05) is 65.5 Å². The quantitative estimate of drug-likeness (QED) is 0.201. The molecule has 0 aromatic rings. The highest BCUT2D eigenvalue weighted by molar-refractivity contribution is 7.99. The molecule has 0 aliphatic rings. The molecule has 0 heterocycles. The molecule has 0 fully saturated rings. The van der Waals surface area contributed by atoms with Gasteiger partial charge in [-0.05, 0) is 42.7 Å². The van der Waals surface area contributed by atoms with Crippen molar-refractivity contribution >= 4 is 19.8 Å². The van der Waals surface area contributed by atoms with E-state index in [9.17, 15) is 0 Å². The lowest BCUT2D eigenvalue weighted by molar-refractivity contribution is 0.296. The van der Waals surface area contributed by atoms with Gasteiger partial charge in [-0.15, -0.1) is 11.5 Å². The van der Waals surface area contributed by atoms with Crippen LogP contribution in [0, 0.1) is 17.4 Å². The highest BCUT2D eigenvalue weighted by Crippen LogP contribution is 2.15. The molecule has 24 heavy (non-hydrogen) atoms. The number of unbranched alkanes of at least 4 members (excludes halogenated alkanes) is 8. The summed E-state index contributed by atoms with van der Waals surface area (Å²) in [7, 11) is -1.25. The number of thioether (sulfide) groups is 1. The van der Waals surface area contributed by atoms with Gasteiger partial charge in [0.25, 0.3) is 0 Å². The second-order valence-electron chi connectivity index (χ2n) is 8.05. The summed E-state index contributed by atoms with van der Waals surface area (Å²) in [5, 5.41) is 8.71. The van der Waals surface area contributed by atoms with Crippen LogP contribution in [-0.4, -0.2) is 31.3 Å². The molecule has 0 amide bonds. The van der Waals surface area contributed by atoms with Crippen molar-refractivity contribution in [1.29, 1.82) is 0 Å². The normalized spacial score (nSPS) is 11.6. The van der Waals surface area contributed by atoms with Crippen LogP contribution >= 0.6 is 11.8 Å². The van der Waals surface area contributed by atoms with Gasteiger partial charge in [0.15, 0.2) is 0 Å². The largest absolute Gasteiger partial charge is 0.396 e. The van der Waals surface area contributed by atoms with Gasteiger partial charge in [0.1, 0.15) is 8.07 Å². The Kier molecular flexibility index (Phi) is 16.6. The second-order valence-corrected chi connectivity index (χ2v) is 13.7. The highest BCUT2D eigenvalue weighted by Gasteiger charge is 2.18. The van der Waals surface area contributed by atoms with Gasteiger partial charge in [-0.2, -0.15) is 11.8 Å². The monoisotopic (exact) mass is 370 g/mol. The lowest BCUT2D eigenvalue weighted by Gasteiger charge is -2.16. The van der Waals surface area contributed by atoms with Crippen LogP contribution in [0.4, 0.5) is 0 Å². The first-order chi connectivity index (χ1) is 11.5. The predicted octanol–water partition coefficient (Wildman–Crippen LogP) is 6.52. The molecule has 0 rings (SSSR count). The van der Waals surface area contributed by atoms with E-state index in [0.717, 1.165) is 24.5 Å². The number of aliphatic hydroxyl groups is 1. The summed E-state index contributed by atoms with van der Waals surface area (Å²) in [6, 6.07) is 1.33. The zero-order valence-corrected chi connectivity index (χ0v) is 18.6. The molecule has 1 nitrogen and oxygen atoms in total. The van der Waals surface area contributed by atoms with Crippen LogP contribution in [0.3, 0.4) is 0 Å². The minimum atomic E-state index is -1.25. The van der Waals surface area contributed by atoms with Crippen LogP contribution < -0.4 is 0 Å². The van der Waals surface area contributed by atoms with Crippen LogP contribution in [0.25, 0.3) is 0 Å². The molecule has 0 saturated carbocycles. The van der Waals surface area contributed by atoms with Gasteiger partial charge in [0.2, 0.25) is 0 Å². The molecule has 142 valence electrons. The standard InChI is InChI=1S/C21H42OSSi/c1-21(2)20-24(3,4)19-14-12-10-8-6-5-7-9-11-13-17-23-18-15-16-22/h21-22H,5-13,15-18,20H2,1-4H3. The molecule has 1 N–H and O–H groups in total. The third kappa shape index (κ3) is 18.4. The fourth-order valence-electron chi connectivity index (χ4n) is 3.12. The molecule has 3 heteroatoms. The predicted molar refractivity (Wildman–Crippen MR) is 115 cm³/mol. The third-order valence-electron chi connectivity index (χ3n) is 4.13. The van der Waals surface area contributed by atoms with Crippen LogP contribution in [0.2, 0.25) is 19.1 Å². The zero-order valence-electron chi connectivity index (χ0n) is 16.8. The van der Waals surface area contributed by atoms with E-state index in [4.69, 9.17) is 5.11 Å². The maximum Gasteiger partial charge on any atom is 0.132 e. The third-order valence-corrected chi connectivity index (χ3v) is 7.98. The van der Waals surface area contributed by atoms with Gasteiger partial charge in [-0.3, -0.25) is 0 Å². The lowest BCUT2D eigenvalue weighted by Crippen LogP contribution is -2.25. The van der Waals surface area contributed by atoms with E-state index in [0.29, 0.717) is 6.61 Å². The Morgan fingerprint density at radius 1 is 0.833 bits per heavy atom. The van der Waals surface area contributed by atoms with E-state index in [1.54, 1.807) is 0 Å². The second kappa shape index (κ2) is 16.5. The number of rotatable bonds is 15. The number of hydrogen-bond acceptors (Lipinski definition) is 2. The van der Waals surface area contributed by atoms with Crippen molar-refractivity contribution in [2.75, 3.05) is 18.1 Å². The first kappa shape index (κ1) is 24.1. The molecule has 0 unspecified atom stereocenters. The van der Waals surface area contributed by atoms with Gasteiger partial charge in [-0.25, -0.2) is 0 Å². The van der Waals surface area contributed by atoms with Crippen molar-refractivity contribution in [2.45, 2.75) is 97.2 Å². The van der Waals surface area contributed by atoms with Crippen molar-refractivity contribution in [1.82, 2.24) is 0 Å². The molecule has 0 atom stereocenters. The fraction of sp³-hybridized carbons (Fsp3) is 0.905. The van der Waals surface area contributed by atoms with Crippen molar-refractivity contribution in [3.05, 3.63) is 0 Å². The van der Waals surface area contributed by atoms with E-state index in [1.807, 2.05) is 11.8 Å². The van der Waals surface area contributed by atoms with Crippen molar-refractivity contribution in [3.8, 4) is 11.5 Å². The molecule has 0 aromatic heterocycles. The van der Waals surface area contributed by atoms with Gasteiger partial charge < -0.3 is 5.11 Å². The van der Waals surface area contributed by atoms with Gasteiger partial charge in [0, 0.05) is 13.0 Å². The van der Waals surface area contributed by atoms with E-state index >= 15 is 0 Å². The average molecular weight is 371 g/mol. The Bertz CT molecular complexity index is 330. The summed E-state index contributed by atoms with van der Waals surface area (Å²) in [4.78, 5) is 0. The molecule has 0 bridgehead atoms. The Hall–Kier alpha value is 0.0869. The van der Waals surface area contributed by atoms with Crippen LogP contribution in [-0.2, 0) is 0 Å². The molecular formula is C21H42OSSi. The van der Waals surface area contributed by atoms with Gasteiger partial charge in [0.05, 0.1) is 0 Å². The maximum absolute atomic E-state index is 8.71. The Morgan fingerprint density at radius 3 is 1.96 bits per heavy atom. The number of hydrogen-bond donors (Lipinski definition) is 1. The Morgan fingerprint density at radius 2 is 1.38 bits per heavy atom. The Balaban J connectivity index is 3.32. The SMILES string of the molecule is CC(C)C[Si](C)(C)C#CCCCCCCCCCCSCCCO. The Labute approximate surface area is 157 Å². The van der Waals surface area contributed by atoms with Gasteiger partial charge >= 0.3 is 0 Å². The molecule has 0 aliphatic heterocycles. The van der Waals surface area contributed by atoms with E-state index in [2.05, 4.69) is 38.4 Å². The van der Waals surface area contributed by atoms with Crippen LogP contribution in [0.5, 0.6) is 0 Å². The van der Waals surface area contributed by atoms with Crippen LogP contribution in [0.15, 0.2) is 0 Å². The zero-order chi connectivity index (χ0) is 18.1. The summed E-state index contributed by atoms with van der Waals surface area (Å²) in [5.41, 5.74) is 3.61. The van der Waals surface area contributed by atoms with E-state index in [-0.39, 0.29) is 0 Å². The topological polar surface area (TPSA) is 20.2 Å². The molecule has 0 aromatic carbocycles. The molecule has 0 aliphatic carbocycles. The fourth-order valence-corrected chi connectivity index (χ4v) is 6.81. The molecule has 0 radical (unpaired) electrons. The summed E-state index contributed by atoms with van der Waals surface area (Å²) in [6.45, 7) is 9.78. The van der Waals surface area contributed by atoms with Crippen molar-refractivity contribution in [2.24, 2.45) is 5.92 Å². The maximum atomic E-state index is 8.71. The summed E-state index contributed by atoms with van der Waals surface area (Å²) < 4.78 is 0. The summed E-state index contributed by atoms with van der Waals surface area (Å²) >= 11 is 1.99. The molecular weight excluding hydrogens is 328 g/mol. The van der Waals surface area contributed by atoms with Crippen LogP contribution in [0.1, 0.15) is 78.1 Å².